The SMILES string of the molecule is CSc1ccccc1Cc1ccccc1C(=O)c1cnoc1C1(C)CC1. The van der Waals surface area contributed by atoms with E-state index < -0.39 is 0 Å². The first kappa shape index (κ1) is 17.1. The summed E-state index contributed by atoms with van der Waals surface area (Å²) >= 11 is 1.73. The van der Waals surface area contributed by atoms with Crippen LogP contribution in [0.15, 0.2) is 64.1 Å². The van der Waals surface area contributed by atoms with Gasteiger partial charge in [-0.15, -0.1) is 11.8 Å². The molecule has 1 aliphatic rings. The van der Waals surface area contributed by atoms with Crippen molar-refractivity contribution in [3.63, 3.8) is 0 Å². The molecule has 0 amide bonds. The van der Waals surface area contributed by atoms with E-state index >= 15 is 0 Å². The number of carbonyl (C=O) groups is 1. The predicted octanol–water partition coefficient (Wildman–Crippen LogP) is 5.27. The van der Waals surface area contributed by atoms with Crippen LogP contribution in [0.2, 0.25) is 0 Å². The largest absolute Gasteiger partial charge is 0.360 e. The van der Waals surface area contributed by atoms with Crippen molar-refractivity contribution in [2.45, 2.75) is 36.5 Å². The zero-order chi connectivity index (χ0) is 18.1. The van der Waals surface area contributed by atoms with Crippen molar-refractivity contribution < 1.29 is 9.32 Å². The van der Waals surface area contributed by atoms with Crippen molar-refractivity contribution >= 4 is 17.5 Å². The lowest BCUT2D eigenvalue weighted by atomic mass is 9.92. The molecule has 0 unspecified atom stereocenters. The molecule has 3 nitrogen and oxygen atoms in total. The molecular weight excluding hydrogens is 342 g/mol. The number of benzene rings is 2. The number of hydrogen-bond donors (Lipinski definition) is 0. The summed E-state index contributed by atoms with van der Waals surface area (Å²) < 4.78 is 5.45. The lowest BCUT2D eigenvalue weighted by Crippen LogP contribution is -2.11. The Morgan fingerprint density at radius 3 is 2.50 bits per heavy atom. The molecule has 1 fully saturated rings. The van der Waals surface area contributed by atoms with Crippen LogP contribution in [0.5, 0.6) is 0 Å². The Kier molecular flexibility index (Phi) is 4.45. The van der Waals surface area contributed by atoms with Gasteiger partial charge in [-0.1, -0.05) is 54.5 Å². The van der Waals surface area contributed by atoms with Crippen LogP contribution in [-0.4, -0.2) is 17.2 Å². The molecule has 132 valence electrons. The average Bonchev–Trinajstić information content (AvgIpc) is 3.21. The van der Waals surface area contributed by atoms with Gasteiger partial charge in [0.15, 0.2) is 11.5 Å². The van der Waals surface area contributed by atoms with Crippen molar-refractivity contribution in [1.82, 2.24) is 5.16 Å². The van der Waals surface area contributed by atoms with E-state index in [-0.39, 0.29) is 11.2 Å². The fourth-order valence-corrected chi connectivity index (χ4v) is 3.96. The van der Waals surface area contributed by atoms with Gasteiger partial charge in [0.05, 0.1) is 11.8 Å². The summed E-state index contributed by atoms with van der Waals surface area (Å²) in [4.78, 5) is 14.5. The van der Waals surface area contributed by atoms with E-state index in [9.17, 15) is 4.79 Å². The first-order chi connectivity index (χ1) is 12.6. The van der Waals surface area contributed by atoms with E-state index in [4.69, 9.17) is 4.52 Å². The molecule has 1 aromatic heterocycles. The van der Waals surface area contributed by atoms with Crippen molar-refractivity contribution in [3.8, 4) is 0 Å². The molecule has 0 aliphatic heterocycles. The highest BCUT2D eigenvalue weighted by Gasteiger charge is 2.45. The van der Waals surface area contributed by atoms with Gasteiger partial charge in [0.25, 0.3) is 0 Å². The predicted molar refractivity (Wildman–Crippen MR) is 104 cm³/mol. The summed E-state index contributed by atoms with van der Waals surface area (Å²) in [5.41, 5.74) is 3.58. The van der Waals surface area contributed by atoms with Crippen molar-refractivity contribution in [1.29, 1.82) is 0 Å². The second-order valence-corrected chi connectivity index (χ2v) is 7.95. The van der Waals surface area contributed by atoms with E-state index in [0.29, 0.717) is 5.56 Å². The van der Waals surface area contributed by atoms with Gasteiger partial charge in [-0.2, -0.15) is 0 Å². The number of nitrogens with zero attached hydrogens (tertiary/aromatic N) is 1. The van der Waals surface area contributed by atoms with Crippen LogP contribution < -0.4 is 0 Å². The maximum Gasteiger partial charge on any atom is 0.198 e. The van der Waals surface area contributed by atoms with Crippen LogP contribution >= 0.6 is 11.8 Å². The molecule has 0 N–H and O–H groups in total. The Morgan fingerprint density at radius 1 is 1.08 bits per heavy atom. The number of hydrogen-bond acceptors (Lipinski definition) is 4. The number of rotatable bonds is 6. The molecule has 26 heavy (non-hydrogen) atoms. The second kappa shape index (κ2) is 6.76. The van der Waals surface area contributed by atoms with Crippen LogP contribution in [-0.2, 0) is 11.8 Å². The normalized spacial score (nSPS) is 15.0. The molecule has 1 heterocycles. The first-order valence-corrected chi connectivity index (χ1v) is 10.0. The van der Waals surface area contributed by atoms with E-state index in [1.165, 1.54) is 10.5 Å². The fraction of sp³-hybridized carbons (Fsp3) is 0.273. The number of aromatic nitrogens is 1. The molecule has 1 saturated carbocycles. The average molecular weight is 363 g/mol. The van der Waals surface area contributed by atoms with Gasteiger partial charge in [0.1, 0.15) is 0 Å². The topological polar surface area (TPSA) is 43.1 Å². The summed E-state index contributed by atoms with van der Waals surface area (Å²) in [5.74, 6) is 0.744. The number of ketones is 1. The highest BCUT2D eigenvalue weighted by atomic mass is 32.2. The molecule has 0 radical (unpaired) electrons. The first-order valence-electron chi connectivity index (χ1n) is 8.82. The minimum Gasteiger partial charge on any atom is -0.360 e. The third kappa shape index (κ3) is 3.10. The van der Waals surface area contributed by atoms with Crippen molar-refractivity contribution in [3.05, 3.63) is 82.7 Å². The summed E-state index contributed by atoms with van der Waals surface area (Å²) in [5, 5.41) is 3.92. The minimum absolute atomic E-state index is 0.00612. The highest BCUT2D eigenvalue weighted by molar-refractivity contribution is 7.98. The minimum atomic E-state index is -0.0259. The van der Waals surface area contributed by atoms with Crippen molar-refractivity contribution in [2.75, 3.05) is 6.26 Å². The molecule has 3 aromatic rings. The van der Waals surface area contributed by atoms with Gasteiger partial charge in [-0.3, -0.25) is 4.79 Å². The van der Waals surface area contributed by atoms with E-state index in [1.54, 1.807) is 18.0 Å². The van der Waals surface area contributed by atoms with E-state index in [2.05, 4.69) is 30.5 Å². The number of carbonyl (C=O) groups excluding carboxylic acids is 1. The van der Waals surface area contributed by atoms with Gasteiger partial charge in [0.2, 0.25) is 0 Å². The van der Waals surface area contributed by atoms with Crippen LogP contribution in [0, 0.1) is 0 Å². The zero-order valence-corrected chi connectivity index (χ0v) is 15.8. The maximum absolute atomic E-state index is 13.3. The van der Waals surface area contributed by atoms with Gasteiger partial charge >= 0.3 is 0 Å². The number of thioether (sulfide) groups is 1. The zero-order valence-electron chi connectivity index (χ0n) is 15.0. The Hall–Kier alpha value is -2.33. The second-order valence-electron chi connectivity index (χ2n) is 7.10. The van der Waals surface area contributed by atoms with Crippen LogP contribution in [0.4, 0.5) is 0 Å². The molecule has 0 bridgehead atoms. The molecule has 0 spiro atoms. The van der Waals surface area contributed by atoms with Crippen molar-refractivity contribution in [2.24, 2.45) is 0 Å². The maximum atomic E-state index is 13.3. The smallest absolute Gasteiger partial charge is 0.198 e. The Bertz CT molecular complexity index is 956. The summed E-state index contributed by atoms with van der Waals surface area (Å²) in [6, 6.07) is 16.2. The van der Waals surface area contributed by atoms with Gasteiger partial charge < -0.3 is 4.52 Å². The van der Waals surface area contributed by atoms with Gasteiger partial charge in [-0.25, -0.2) is 0 Å². The lowest BCUT2D eigenvalue weighted by molar-refractivity contribution is 0.103. The quantitative estimate of drug-likeness (QED) is 0.442. The monoisotopic (exact) mass is 363 g/mol. The standard InChI is InChI=1S/C22H21NO2S/c1-22(11-12-22)21-18(14-23-25-21)20(24)17-9-5-3-7-15(17)13-16-8-4-6-10-19(16)26-2/h3-10,14H,11-13H2,1-2H3. The highest BCUT2D eigenvalue weighted by Crippen LogP contribution is 2.49. The van der Waals surface area contributed by atoms with E-state index in [0.717, 1.165) is 36.1 Å². The summed E-state index contributed by atoms with van der Waals surface area (Å²) in [7, 11) is 0. The molecule has 0 saturated heterocycles. The van der Waals surface area contributed by atoms with Gasteiger partial charge in [-0.05, 0) is 42.7 Å². The Morgan fingerprint density at radius 2 is 1.77 bits per heavy atom. The third-order valence-electron chi connectivity index (χ3n) is 5.20. The Labute approximate surface area is 157 Å². The molecule has 2 aromatic carbocycles. The molecular formula is C22H21NO2S. The van der Waals surface area contributed by atoms with Crippen LogP contribution in [0.3, 0.4) is 0 Å². The van der Waals surface area contributed by atoms with Gasteiger partial charge in [0, 0.05) is 15.9 Å². The fourth-order valence-electron chi connectivity index (χ4n) is 3.35. The molecule has 0 atom stereocenters. The molecule has 4 rings (SSSR count). The van der Waals surface area contributed by atoms with E-state index in [1.807, 2.05) is 36.4 Å². The third-order valence-corrected chi connectivity index (χ3v) is 6.04. The lowest BCUT2D eigenvalue weighted by Gasteiger charge is -2.12. The van der Waals surface area contributed by atoms with Crippen LogP contribution in [0.1, 0.15) is 52.6 Å². The van der Waals surface area contributed by atoms with Crippen LogP contribution in [0.25, 0.3) is 0 Å². The molecule has 1 aliphatic carbocycles. The molecule has 4 heteroatoms. The summed E-state index contributed by atoms with van der Waals surface area (Å²) in [6.07, 6.45) is 6.48. The Balaban J connectivity index is 1.70. The summed E-state index contributed by atoms with van der Waals surface area (Å²) in [6.45, 7) is 2.13.